The minimum Gasteiger partial charge on any atom is -0.490 e. The zero-order chi connectivity index (χ0) is 22.9. The average Bonchev–Trinajstić information content (AvgIpc) is 3.25. The molecule has 3 rings (SSSR count). The molecule has 0 fully saturated rings. The maximum absolute atomic E-state index is 12.3. The number of aromatic nitrogens is 4. The number of rotatable bonds is 11. The summed E-state index contributed by atoms with van der Waals surface area (Å²) in [6.07, 6.45) is 0.698. The highest BCUT2D eigenvalue weighted by Gasteiger charge is 2.12. The van der Waals surface area contributed by atoms with E-state index >= 15 is 0 Å². The average molecular weight is 456 g/mol. The molecular weight excluding hydrogens is 426 g/mol. The molecule has 0 radical (unpaired) electrons. The van der Waals surface area contributed by atoms with Gasteiger partial charge >= 0.3 is 0 Å². The van der Waals surface area contributed by atoms with Crippen molar-refractivity contribution in [2.45, 2.75) is 39.3 Å². The fourth-order valence-corrected chi connectivity index (χ4v) is 3.79. The number of benzene rings is 2. The second-order valence-electron chi connectivity index (χ2n) is 7.18. The molecule has 1 N–H and O–H groups in total. The summed E-state index contributed by atoms with van der Waals surface area (Å²) in [6, 6.07) is 11.9. The molecule has 2 aromatic carbocycles. The van der Waals surface area contributed by atoms with Crippen molar-refractivity contribution in [1.82, 2.24) is 25.5 Å². The number of ether oxygens (including phenoxy) is 2. The molecule has 0 spiro atoms. The third-order valence-electron chi connectivity index (χ3n) is 4.85. The van der Waals surface area contributed by atoms with Gasteiger partial charge in [-0.05, 0) is 85.5 Å². The monoisotopic (exact) mass is 455 g/mol. The fraction of sp³-hybridized carbons (Fsp3) is 0.391. The minimum absolute atomic E-state index is 0.0689. The number of amides is 1. The summed E-state index contributed by atoms with van der Waals surface area (Å²) in [4.78, 5) is 12.3. The van der Waals surface area contributed by atoms with E-state index in [4.69, 9.17) is 9.47 Å². The van der Waals surface area contributed by atoms with Crippen LogP contribution < -0.4 is 14.8 Å². The molecule has 8 nitrogen and oxygen atoms in total. The van der Waals surface area contributed by atoms with Crippen LogP contribution >= 0.6 is 11.8 Å². The highest BCUT2D eigenvalue weighted by molar-refractivity contribution is 7.99. The Hall–Kier alpha value is -3.07. The van der Waals surface area contributed by atoms with Gasteiger partial charge in [0.25, 0.3) is 0 Å². The molecule has 0 atom stereocenters. The Morgan fingerprint density at radius 3 is 2.56 bits per heavy atom. The van der Waals surface area contributed by atoms with Crippen molar-refractivity contribution in [2.75, 3.05) is 25.5 Å². The van der Waals surface area contributed by atoms with E-state index in [-0.39, 0.29) is 11.7 Å². The van der Waals surface area contributed by atoms with Gasteiger partial charge in [0.2, 0.25) is 11.1 Å². The van der Waals surface area contributed by atoms with Crippen LogP contribution in [0.3, 0.4) is 0 Å². The Labute approximate surface area is 192 Å². The largest absolute Gasteiger partial charge is 0.490 e. The Kier molecular flexibility index (Phi) is 8.49. The smallest absolute Gasteiger partial charge is 0.230 e. The molecular formula is C23H29N5O3S. The van der Waals surface area contributed by atoms with E-state index in [0.717, 1.165) is 28.3 Å². The maximum atomic E-state index is 12.3. The van der Waals surface area contributed by atoms with Crippen LogP contribution in [0, 0.1) is 13.8 Å². The number of hydrogen-bond donors (Lipinski definition) is 1. The minimum atomic E-state index is -0.0689. The lowest BCUT2D eigenvalue weighted by Gasteiger charge is -2.12. The highest BCUT2D eigenvalue weighted by atomic mass is 32.2. The van der Waals surface area contributed by atoms with Crippen LogP contribution in [-0.2, 0) is 11.2 Å². The van der Waals surface area contributed by atoms with Crippen LogP contribution in [0.5, 0.6) is 11.5 Å². The van der Waals surface area contributed by atoms with Crippen LogP contribution in [-0.4, -0.2) is 51.6 Å². The van der Waals surface area contributed by atoms with Crippen LogP contribution in [0.2, 0.25) is 0 Å². The molecule has 170 valence electrons. The van der Waals surface area contributed by atoms with Crippen molar-refractivity contribution >= 4 is 17.7 Å². The number of carbonyl (C=O) groups excluding carboxylic acids is 1. The summed E-state index contributed by atoms with van der Waals surface area (Å²) in [6.45, 7) is 9.67. The molecule has 0 saturated heterocycles. The molecule has 0 unspecified atom stereocenters. The standard InChI is InChI=1S/C23H29N5O3S/c1-5-30-20-10-8-18(14-21(20)31-6-2)11-12-24-22(29)15-32-23-25-26-27-28(23)19-9-7-16(3)17(4)13-19/h7-10,13-14H,5-6,11-12,15H2,1-4H3,(H,24,29). The molecule has 1 amide bonds. The van der Waals surface area contributed by atoms with E-state index in [1.807, 2.05) is 57.2 Å². The molecule has 3 aromatic rings. The Morgan fingerprint density at radius 1 is 1.03 bits per heavy atom. The third-order valence-corrected chi connectivity index (χ3v) is 5.77. The number of thioether (sulfide) groups is 1. The Bertz CT molecular complexity index is 1050. The van der Waals surface area contributed by atoms with Gasteiger partial charge in [-0.1, -0.05) is 23.9 Å². The van der Waals surface area contributed by atoms with E-state index in [1.165, 1.54) is 17.3 Å². The first kappa shape index (κ1) is 23.6. The van der Waals surface area contributed by atoms with Crippen LogP contribution in [0.1, 0.15) is 30.5 Å². The van der Waals surface area contributed by atoms with Crippen LogP contribution in [0.25, 0.3) is 5.69 Å². The van der Waals surface area contributed by atoms with Gasteiger partial charge < -0.3 is 14.8 Å². The zero-order valence-corrected chi connectivity index (χ0v) is 19.7. The van der Waals surface area contributed by atoms with Crippen molar-refractivity contribution in [3.63, 3.8) is 0 Å². The highest BCUT2D eigenvalue weighted by Crippen LogP contribution is 2.28. The molecule has 1 heterocycles. The SMILES string of the molecule is CCOc1ccc(CCNC(=O)CSc2nnnn2-c2ccc(C)c(C)c2)cc1OCC. The first-order valence-corrected chi connectivity index (χ1v) is 11.6. The first-order chi connectivity index (χ1) is 15.5. The predicted molar refractivity (Wildman–Crippen MR) is 125 cm³/mol. The summed E-state index contributed by atoms with van der Waals surface area (Å²) < 4.78 is 12.9. The molecule has 32 heavy (non-hydrogen) atoms. The molecule has 0 aliphatic carbocycles. The Morgan fingerprint density at radius 2 is 1.81 bits per heavy atom. The molecule has 0 aliphatic rings. The molecule has 1 aromatic heterocycles. The number of hydrogen-bond acceptors (Lipinski definition) is 7. The maximum Gasteiger partial charge on any atom is 0.230 e. The fourth-order valence-electron chi connectivity index (χ4n) is 3.07. The number of carbonyl (C=O) groups is 1. The molecule has 0 bridgehead atoms. The zero-order valence-electron chi connectivity index (χ0n) is 18.9. The van der Waals surface area contributed by atoms with Gasteiger partial charge in [-0.25, -0.2) is 0 Å². The van der Waals surface area contributed by atoms with Gasteiger partial charge in [-0.3, -0.25) is 4.79 Å². The normalized spacial score (nSPS) is 10.8. The summed E-state index contributed by atoms with van der Waals surface area (Å²) in [7, 11) is 0. The summed E-state index contributed by atoms with van der Waals surface area (Å²) in [5.41, 5.74) is 4.31. The number of nitrogens with one attached hydrogen (secondary N) is 1. The lowest BCUT2D eigenvalue weighted by Crippen LogP contribution is -2.27. The number of aryl methyl sites for hydroxylation is 2. The van der Waals surface area contributed by atoms with E-state index < -0.39 is 0 Å². The predicted octanol–water partition coefficient (Wildman–Crippen LogP) is 3.53. The summed E-state index contributed by atoms with van der Waals surface area (Å²) >= 11 is 1.31. The van der Waals surface area contributed by atoms with Gasteiger partial charge in [-0.2, -0.15) is 4.68 Å². The second kappa shape index (κ2) is 11.5. The van der Waals surface area contributed by atoms with Crippen LogP contribution in [0.4, 0.5) is 0 Å². The van der Waals surface area contributed by atoms with Gasteiger partial charge in [0, 0.05) is 6.54 Å². The van der Waals surface area contributed by atoms with E-state index in [2.05, 4.69) is 27.8 Å². The summed E-state index contributed by atoms with van der Waals surface area (Å²) in [5, 5.41) is 15.4. The van der Waals surface area contributed by atoms with Gasteiger partial charge in [0.1, 0.15) is 0 Å². The number of nitrogens with zero attached hydrogens (tertiary/aromatic N) is 4. The second-order valence-corrected chi connectivity index (χ2v) is 8.12. The molecule has 0 aliphatic heterocycles. The lowest BCUT2D eigenvalue weighted by atomic mass is 10.1. The quantitative estimate of drug-likeness (QED) is 0.442. The van der Waals surface area contributed by atoms with Crippen molar-refractivity contribution < 1.29 is 14.3 Å². The van der Waals surface area contributed by atoms with Gasteiger partial charge in [0.15, 0.2) is 11.5 Å². The Balaban J connectivity index is 1.51. The van der Waals surface area contributed by atoms with Crippen molar-refractivity contribution in [1.29, 1.82) is 0 Å². The molecule has 0 saturated carbocycles. The topological polar surface area (TPSA) is 91.2 Å². The van der Waals surface area contributed by atoms with Crippen molar-refractivity contribution in [2.24, 2.45) is 0 Å². The van der Waals surface area contributed by atoms with E-state index in [1.54, 1.807) is 4.68 Å². The summed E-state index contributed by atoms with van der Waals surface area (Å²) in [5.74, 6) is 1.63. The third kappa shape index (κ3) is 6.23. The first-order valence-electron chi connectivity index (χ1n) is 10.7. The van der Waals surface area contributed by atoms with Gasteiger partial charge in [0.05, 0.1) is 24.7 Å². The van der Waals surface area contributed by atoms with Crippen molar-refractivity contribution in [3.8, 4) is 17.2 Å². The van der Waals surface area contributed by atoms with E-state index in [9.17, 15) is 4.79 Å². The van der Waals surface area contributed by atoms with Crippen LogP contribution in [0.15, 0.2) is 41.6 Å². The number of tetrazole rings is 1. The molecule has 9 heteroatoms. The lowest BCUT2D eigenvalue weighted by molar-refractivity contribution is -0.118. The van der Waals surface area contributed by atoms with Crippen molar-refractivity contribution in [3.05, 3.63) is 53.1 Å². The van der Waals surface area contributed by atoms with Gasteiger partial charge in [-0.15, -0.1) is 5.10 Å². The van der Waals surface area contributed by atoms with E-state index in [0.29, 0.717) is 31.3 Å².